The van der Waals surface area contributed by atoms with E-state index in [2.05, 4.69) is 47.3 Å². The quantitative estimate of drug-likeness (QED) is 0.896. The van der Waals surface area contributed by atoms with E-state index in [4.69, 9.17) is 0 Å². The number of hydrogen-bond acceptors (Lipinski definition) is 3. The van der Waals surface area contributed by atoms with Crippen molar-refractivity contribution in [2.75, 3.05) is 5.32 Å². The summed E-state index contributed by atoms with van der Waals surface area (Å²) in [7, 11) is 1.71. The van der Waals surface area contributed by atoms with Gasteiger partial charge in [0.05, 0.1) is 5.56 Å². The van der Waals surface area contributed by atoms with Crippen LogP contribution in [0.25, 0.3) is 0 Å². The standard InChI is InChI=1S/C10H8Br2N4O/c1-16-10(13-5-14-16)15-9(17)7-3-2-6(11)4-8(7)12/h2-5H,1H3,(H,13,14,15,17). The van der Waals surface area contributed by atoms with Crippen molar-refractivity contribution in [1.29, 1.82) is 0 Å². The van der Waals surface area contributed by atoms with E-state index in [1.807, 2.05) is 6.07 Å². The van der Waals surface area contributed by atoms with Crippen molar-refractivity contribution in [3.05, 3.63) is 39.0 Å². The largest absolute Gasteiger partial charge is 0.291 e. The highest BCUT2D eigenvalue weighted by molar-refractivity contribution is 9.11. The Morgan fingerprint density at radius 2 is 2.18 bits per heavy atom. The molecule has 1 amide bonds. The van der Waals surface area contributed by atoms with Gasteiger partial charge in [-0.05, 0) is 34.1 Å². The van der Waals surface area contributed by atoms with E-state index in [9.17, 15) is 4.79 Å². The number of hydrogen-bond donors (Lipinski definition) is 1. The molecule has 7 heteroatoms. The zero-order chi connectivity index (χ0) is 12.4. The van der Waals surface area contributed by atoms with Crippen LogP contribution >= 0.6 is 31.9 Å². The van der Waals surface area contributed by atoms with Gasteiger partial charge in [-0.25, -0.2) is 4.68 Å². The van der Waals surface area contributed by atoms with Crippen LogP contribution in [0.5, 0.6) is 0 Å². The van der Waals surface area contributed by atoms with E-state index in [-0.39, 0.29) is 5.91 Å². The minimum absolute atomic E-state index is 0.236. The average molecular weight is 360 g/mol. The summed E-state index contributed by atoms with van der Waals surface area (Å²) in [4.78, 5) is 15.9. The van der Waals surface area contributed by atoms with E-state index < -0.39 is 0 Å². The monoisotopic (exact) mass is 358 g/mol. The SMILES string of the molecule is Cn1ncnc1NC(=O)c1ccc(Br)cc1Br. The third-order valence-electron chi connectivity index (χ3n) is 2.11. The average Bonchev–Trinajstić information content (AvgIpc) is 2.64. The van der Waals surface area contributed by atoms with Crippen LogP contribution in [0.2, 0.25) is 0 Å². The van der Waals surface area contributed by atoms with Crippen molar-refractivity contribution < 1.29 is 4.79 Å². The summed E-state index contributed by atoms with van der Waals surface area (Å²) in [5.74, 6) is 0.172. The lowest BCUT2D eigenvalue weighted by atomic mass is 10.2. The lowest BCUT2D eigenvalue weighted by molar-refractivity contribution is 0.102. The van der Waals surface area contributed by atoms with Gasteiger partial charge >= 0.3 is 0 Å². The molecule has 1 N–H and O–H groups in total. The Labute approximate surface area is 114 Å². The van der Waals surface area contributed by atoms with Crippen LogP contribution in [-0.4, -0.2) is 20.7 Å². The molecular formula is C10H8Br2N4O. The normalized spacial score (nSPS) is 10.3. The number of benzene rings is 1. The number of nitrogens with zero attached hydrogens (tertiary/aromatic N) is 3. The van der Waals surface area contributed by atoms with Crippen LogP contribution in [0.15, 0.2) is 33.5 Å². The van der Waals surface area contributed by atoms with Gasteiger partial charge in [0, 0.05) is 16.0 Å². The first kappa shape index (κ1) is 12.3. The Morgan fingerprint density at radius 1 is 1.41 bits per heavy atom. The summed E-state index contributed by atoms with van der Waals surface area (Å²) < 4.78 is 3.11. The van der Waals surface area contributed by atoms with Gasteiger partial charge in [-0.1, -0.05) is 15.9 Å². The number of carbonyl (C=O) groups is 1. The Bertz CT molecular complexity index is 567. The van der Waals surface area contributed by atoms with Crippen molar-refractivity contribution in [1.82, 2.24) is 14.8 Å². The second-order valence-electron chi connectivity index (χ2n) is 3.29. The predicted octanol–water partition coefficient (Wildman–Crippen LogP) is 2.59. The molecule has 0 aliphatic heterocycles. The molecule has 1 heterocycles. The number of aromatic nitrogens is 3. The molecule has 0 spiro atoms. The highest BCUT2D eigenvalue weighted by atomic mass is 79.9. The molecule has 17 heavy (non-hydrogen) atoms. The molecule has 0 bridgehead atoms. The first-order valence-corrected chi connectivity index (χ1v) is 6.27. The van der Waals surface area contributed by atoms with Gasteiger partial charge in [0.1, 0.15) is 6.33 Å². The van der Waals surface area contributed by atoms with Gasteiger partial charge in [-0.2, -0.15) is 10.1 Å². The molecule has 0 saturated heterocycles. The number of amides is 1. The first-order valence-electron chi connectivity index (χ1n) is 4.68. The molecule has 0 radical (unpaired) electrons. The smallest absolute Gasteiger partial charge is 0.259 e. The fourth-order valence-corrected chi connectivity index (χ4v) is 2.48. The van der Waals surface area contributed by atoms with E-state index in [0.29, 0.717) is 16.0 Å². The Kier molecular flexibility index (Phi) is 3.58. The van der Waals surface area contributed by atoms with Gasteiger partial charge in [0.25, 0.3) is 5.91 Å². The van der Waals surface area contributed by atoms with Crippen LogP contribution in [0.1, 0.15) is 10.4 Å². The molecule has 1 aromatic heterocycles. The summed E-state index contributed by atoms with van der Waals surface area (Å²) >= 11 is 6.67. The van der Waals surface area contributed by atoms with Crippen molar-refractivity contribution in [2.45, 2.75) is 0 Å². The molecular weight excluding hydrogens is 352 g/mol. The van der Waals surface area contributed by atoms with Gasteiger partial charge < -0.3 is 0 Å². The minimum atomic E-state index is -0.236. The Balaban J connectivity index is 2.23. The molecule has 0 fully saturated rings. The maximum Gasteiger partial charge on any atom is 0.259 e. The zero-order valence-electron chi connectivity index (χ0n) is 8.82. The first-order chi connectivity index (χ1) is 8.08. The number of halogens is 2. The van der Waals surface area contributed by atoms with E-state index in [1.54, 1.807) is 19.2 Å². The van der Waals surface area contributed by atoms with Crippen LogP contribution in [0.4, 0.5) is 5.95 Å². The van der Waals surface area contributed by atoms with Crippen molar-refractivity contribution in [3.8, 4) is 0 Å². The number of aryl methyl sites for hydroxylation is 1. The minimum Gasteiger partial charge on any atom is -0.291 e. The van der Waals surface area contributed by atoms with E-state index in [1.165, 1.54) is 11.0 Å². The Morgan fingerprint density at radius 3 is 2.76 bits per heavy atom. The van der Waals surface area contributed by atoms with Crippen LogP contribution in [0, 0.1) is 0 Å². The zero-order valence-corrected chi connectivity index (χ0v) is 12.0. The fraction of sp³-hybridized carbons (Fsp3) is 0.100. The van der Waals surface area contributed by atoms with Crippen LogP contribution < -0.4 is 5.32 Å². The molecule has 0 saturated carbocycles. The number of carbonyl (C=O) groups excluding carboxylic acids is 1. The van der Waals surface area contributed by atoms with Crippen molar-refractivity contribution in [3.63, 3.8) is 0 Å². The summed E-state index contributed by atoms with van der Waals surface area (Å²) in [6, 6.07) is 5.34. The Hall–Kier alpha value is -1.21. The molecule has 0 aliphatic rings. The fourth-order valence-electron chi connectivity index (χ4n) is 1.25. The van der Waals surface area contributed by atoms with Gasteiger partial charge in [-0.3, -0.25) is 10.1 Å². The predicted molar refractivity (Wildman–Crippen MR) is 70.8 cm³/mol. The molecule has 2 rings (SSSR count). The highest BCUT2D eigenvalue weighted by Crippen LogP contribution is 2.22. The van der Waals surface area contributed by atoms with Crippen molar-refractivity contribution in [2.24, 2.45) is 7.05 Å². The molecule has 5 nitrogen and oxygen atoms in total. The number of anilines is 1. The third kappa shape index (κ3) is 2.73. The molecule has 0 aliphatic carbocycles. The van der Waals surface area contributed by atoms with Gasteiger partial charge in [-0.15, -0.1) is 0 Å². The summed E-state index contributed by atoms with van der Waals surface area (Å²) in [5.41, 5.74) is 0.538. The lowest BCUT2D eigenvalue weighted by Crippen LogP contribution is -2.15. The molecule has 88 valence electrons. The highest BCUT2D eigenvalue weighted by Gasteiger charge is 2.12. The maximum absolute atomic E-state index is 12.0. The molecule has 0 unspecified atom stereocenters. The van der Waals surface area contributed by atoms with E-state index >= 15 is 0 Å². The second-order valence-corrected chi connectivity index (χ2v) is 5.06. The molecule has 2 aromatic rings. The van der Waals surface area contributed by atoms with Crippen LogP contribution in [-0.2, 0) is 7.05 Å². The lowest BCUT2D eigenvalue weighted by Gasteiger charge is -2.06. The van der Waals surface area contributed by atoms with Gasteiger partial charge in [0.15, 0.2) is 0 Å². The summed E-state index contributed by atoms with van der Waals surface area (Å²) in [5, 5.41) is 6.54. The summed E-state index contributed by atoms with van der Waals surface area (Å²) in [6.07, 6.45) is 1.38. The molecule has 1 aromatic carbocycles. The number of rotatable bonds is 2. The van der Waals surface area contributed by atoms with Gasteiger partial charge in [0.2, 0.25) is 5.95 Å². The number of nitrogens with one attached hydrogen (secondary N) is 1. The van der Waals surface area contributed by atoms with E-state index in [0.717, 1.165) is 4.47 Å². The third-order valence-corrected chi connectivity index (χ3v) is 3.26. The van der Waals surface area contributed by atoms with Crippen molar-refractivity contribution >= 4 is 43.7 Å². The maximum atomic E-state index is 12.0. The molecule has 0 atom stereocenters. The second kappa shape index (κ2) is 4.97. The topological polar surface area (TPSA) is 59.8 Å². The summed E-state index contributed by atoms with van der Waals surface area (Å²) in [6.45, 7) is 0. The van der Waals surface area contributed by atoms with Crippen LogP contribution in [0.3, 0.4) is 0 Å².